The Morgan fingerprint density at radius 3 is 2.85 bits per heavy atom. The van der Waals surface area contributed by atoms with Crippen molar-refractivity contribution in [2.24, 2.45) is 0 Å². The van der Waals surface area contributed by atoms with Gasteiger partial charge in [0.25, 0.3) is 5.56 Å². The van der Waals surface area contributed by atoms with Crippen molar-refractivity contribution in [2.45, 2.75) is 12.1 Å². The normalized spacial score (nSPS) is 10.5. The van der Waals surface area contributed by atoms with Crippen molar-refractivity contribution in [2.75, 3.05) is 5.75 Å². The summed E-state index contributed by atoms with van der Waals surface area (Å²) in [5, 5.41) is 9.10. The van der Waals surface area contributed by atoms with E-state index in [4.69, 9.17) is 5.11 Å². The molecule has 2 aromatic rings. The van der Waals surface area contributed by atoms with Crippen LogP contribution in [0.2, 0.25) is 0 Å². The Kier molecular flexibility index (Phi) is 4.61. The van der Waals surface area contributed by atoms with Crippen molar-refractivity contribution in [1.29, 1.82) is 0 Å². The van der Waals surface area contributed by atoms with E-state index in [-0.39, 0.29) is 5.75 Å². The first-order chi connectivity index (χ1) is 9.47. The number of carboxylic acid groups (broad SMARTS) is 1. The first-order valence-electron chi connectivity index (χ1n) is 5.68. The summed E-state index contributed by atoms with van der Waals surface area (Å²) < 4.78 is 2.54. The van der Waals surface area contributed by atoms with Crippen LogP contribution in [0, 0.1) is 6.92 Å². The monoisotopic (exact) mass is 354 g/mol. The zero-order chi connectivity index (χ0) is 14.7. The largest absolute Gasteiger partial charge is 0.481 e. The van der Waals surface area contributed by atoms with Gasteiger partial charge in [-0.25, -0.2) is 0 Å². The van der Waals surface area contributed by atoms with Crippen LogP contribution in [0.25, 0.3) is 5.69 Å². The maximum atomic E-state index is 11.4. The van der Waals surface area contributed by atoms with Gasteiger partial charge in [-0.15, -0.1) is 0 Å². The highest BCUT2D eigenvalue weighted by Gasteiger charge is 2.10. The summed E-state index contributed by atoms with van der Waals surface area (Å²) in [6.45, 7) is 1.97. The average molecular weight is 355 g/mol. The zero-order valence-corrected chi connectivity index (χ0v) is 12.9. The number of thioether (sulfide) groups is 1. The molecule has 0 spiro atoms. The molecule has 0 aliphatic carbocycles. The van der Waals surface area contributed by atoms with Gasteiger partial charge in [0.15, 0.2) is 5.16 Å². The maximum Gasteiger partial charge on any atom is 0.313 e. The van der Waals surface area contributed by atoms with Crippen LogP contribution in [0.5, 0.6) is 0 Å². The molecule has 0 radical (unpaired) electrons. The molecular formula is C13H11BrN2O3S. The summed E-state index contributed by atoms with van der Waals surface area (Å²) in [7, 11) is 0. The first kappa shape index (κ1) is 14.8. The third-order valence-corrected chi connectivity index (χ3v) is 4.04. The number of aromatic nitrogens is 2. The number of halogens is 1. The Morgan fingerprint density at radius 2 is 2.20 bits per heavy atom. The highest BCUT2D eigenvalue weighted by molar-refractivity contribution is 9.10. The SMILES string of the molecule is Cc1ccc(-n2ccc(=O)nc2SCC(=O)O)c(Br)c1. The molecule has 20 heavy (non-hydrogen) atoms. The fourth-order valence-electron chi connectivity index (χ4n) is 1.61. The Bertz CT molecular complexity index is 715. The topological polar surface area (TPSA) is 72.2 Å². The third kappa shape index (κ3) is 3.49. The molecule has 0 saturated heterocycles. The van der Waals surface area contributed by atoms with Crippen LogP contribution in [0.3, 0.4) is 0 Å². The number of benzene rings is 1. The minimum atomic E-state index is -0.956. The molecule has 0 atom stereocenters. The van der Waals surface area contributed by atoms with Crippen LogP contribution < -0.4 is 5.56 Å². The lowest BCUT2D eigenvalue weighted by atomic mass is 10.2. The van der Waals surface area contributed by atoms with Gasteiger partial charge in [-0.2, -0.15) is 4.98 Å². The summed E-state index contributed by atoms with van der Waals surface area (Å²) in [5.74, 6) is -1.11. The summed E-state index contributed by atoms with van der Waals surface area (Å²) in [6.07, 6.45) is 1.59. The predicted molar refractivity (Wildman–Crippen MR) is 80.6 cm³/mol. The Labute approximate surface area is 127 Å². The molecule has 0 fully saturated rings. The number of carbonyl (C=O) groups is 1. The van der Waals surface area contributed by atoms with Crippen molar-refractivity contribution in [3.05, 3.63) is 50.9 Å². The minimum Gasteiger partial charge on any atom is -0.481 e. The van der Waals surface area contributed by atoms with Crippen molar-refractivity contribution in [1.82, 2.24) is 9.55 Å². The van der Waals surface area contributed by atoms with E-state index in [1.54, 1.807) is 10.8 Å². The van der Waals surface area contributed by atoms with E-state index in [9.17, 15) is 9.59 Å². The van der Waals surface area contributed by atoms with Crippen LogP contribution in [-0.4, -0.2) is 26.4 Å². The molecule has 5 nitrogen and oxygen atoms in total. The molecular weight excluding hydrogens is 344 g/mol. The average Bonchev–Trinajstić information content (AvgIpc) is 2.37. The maximum absolute atomic E-state index is 11.4. The fraction of sp³-hybridized carbons (Fsp3) is 0.154. The zero-order valence-electron chi connectivity index (χ0n) is 10.5. The molecule has 7 heteroatoms. The second-order valence-corrected chi connectivity index (χ2v) is 5.85. The minimum absolute atomic E-state index is 0.153. The number of aliphatic carboxylic acids is 1. The van der Waals surface area contributed by atoms with Gasteiger partial charge in [0.2, 0.25) is 0 Å². The van der Waals surface area contributed by atoms with E-state index in [2.05, 4.69) is 20.9 Å². The molecule has 1 aromatic carbocycles. The quantitative estimate of drug-likeness (QED) is 0.674. The fourth-order valence-corrected chi connectivity index (χ4v) is 3.00. The molecule has 1 N–H and O–H groups in total. The van der Waals surface area contributed by atoms with Crippen LogP contribution in [-0.2, 0) is 4.79 Å². The Hall–Kier alpha value is -1.60. The highest BCUT2D eigenvalue weighted by atomic mass is 79.9. The van der Waals surface area contributed by atoms with E-state index in [1.165, 1.54) is 6.07 Å². The van der Waals surface area contributed by atoms with Gasteiger partial charge in [0.05, 0.1) is 11.4 Å². The van der Waals surface area contributed by atoms with E-state index < -0.39 is 11.5 Å². The van der Waals surface area contributed by atoms with Crippen molar-refractivity contribution in [3.63, 3.8) is 0 Å². The Morgan fingerprint density at radius 1 is 1.45 bits per heavy atom. The van der Waals surface area contributed by atoms with Gasteiger partial charge < -0.3 is 5.11 Å². The highest BCUT2D eigenvalue weighted by Crippen LogP contribution is 2.25. The standard InChI is InChI=1S/C13H11BrN2O3S/c1-8-2-3-10(9(14)6-8)16-5-4-11(17)15-13(16)20-7-12(18)19/h2-6H,7H2,1H3,(H,18,19). The first-order valence-corrected chi connectivity index (χ1v) is 7.46. The predicted octanol–water partition coefficient (Wildman–Crippen LogP) is 2.48. The number of aryl methyl sites for hydroxylation is 1. The molecule has 0 aliphatic heterocycles. The van der Waals surface area contributed by atoms with Gasteiger partial charge in [-0.1, -0.05) is 17.8 Å². The van der Waals surface area contributed by atoms with E-state index in [0.29, 0.717) is 5.16 Å². The van der Waals surface area contributed by atoms with Crippen molar-refractivity contribution in [3.8, 4) is 5.69 Å². The summed E-state index contributed by atoms with van der Waals surface area (Å²) in [6, 6.07) is 7.11. The number of carboxylic acids is 1. The van der Waals surface area contributed by atoms with Crippen molar-refractivity contribution >= 4 is 33.7 Å². The van der Waals surface area contributed by atoms with Crippen LogP contribution in [0.1, 0.15) is 5.56 Å². The summed E-state index contributed by atoms with van der Waals surface area (Å²) >= 11 is 4.47. The number of rotatable bonds is 4. The lowest BCUT2D eigenvalue weighted by molar-refractivity contribution is -0.133. The second-order valence-electron chi connectivity index (χ2n) is 4.06. The van der Waals surface area contributed by atoms with E-state index in [0.717, 1.165) is 27.5 Å². The molecule has 1 heterocycles. The van der Waals surface area contributed by atoms with Crippen molar-refractivity contribution < 1.29 is 9.90 Å². The number of hydrogen-bond donors (Lipinski definition) is 1. The summed E-state index contributed by atoms with van der Waals surface area (Å²) in [5.41, 5.74) is 1.50. The lowest BCUT2D eigenvalue weighted by Gasteiger charge is -2.13. The van der Waals surface area contributed by atoms with Gasteiger partial charge in [-0.05, 0) is 40.5 Å². The summed E-state index contributed by atoms with van der Waals surface area (Å²) in [4.78, 5) is 25.9. The smallest absolute Gasteiger partial charge is 0.313 e. The van der Waals surface area contributed by atoms with Gasteiger partial charge >= 0.3 is 5.97 Å². The van der Waals surface area contributed by atoms with Gasteiger partial charge in [-0.3, -0.25) is 14.2 Å². The van der Waals surface area contributed by atoms with E-state index in [1.807, 2.05) is 25.1 Å². The number of nitrogens with zero attached hydrogens (tertiary/aromatic N) is 2. The van der Waals surface area contributed by atoms with Crippen LogP contribution in [0.4, 0.5) is 0 Å². The number of hydrogen-bond acceptors (Lipinski definition) is 4. The molecule has 0 bridgehead atoms. The third-order valence-electron chi connectivity index (χ3n) is 2.47. The lowest BCUT2D eigenvalue weighted by Crippen LogP contribution is -2.13. The molecule has 104 valence electrons. The van der Waals surface area contributed by atoms with Crippen LogP contribution >= 0.6 is 27.7 Å². The van der Waals surface area contributed by atoms with Gasteiger partial charge in [0.1, 0.15) is 0 Å². The van der Waals surface area contributed by atoms with E-state index >= 15 is 0 Å². The second kappa shape index (κ2) is 6.23. The molecule has 2 rings (SSSR count). The van der Waals surface area contributed by atoms with Crippen LogP contribution in [0.15, 0.2) is 44.9 Å². The van der Waals surface area contributed by atoms with Gasteiger partial charge in [0, 0.05) is 16.7 Å². The molecule has 0 unspecified atom stereocenters. The Balaban J connectivity index is 2.49. The molecule has 1 aromatic heterocycles. The molecule has 0 saturated carbocycles. The molecule has 0 amide bonds. The molecule has 0 aliphatic rings.